The number of carbonyl (C=O) groups excluding carboxylic acids is 4. The Hall–Kier alpha value is -4.95. The predicted octanol–water partition coefficient (Wildman–Crippen LogP) is -0.829. The minimum absolute atomic E-state index is 0.0108. The van der Waals surface area contributed by atoms with Crippen LogP contribution in [0.5, 0.6) is 5.75 Å². The number of hydrogen-bond donors (Lipinski definition) is 9. The van der Waals surface area contributed by atoms with Crippen molar-refractivity contribution in [1.29, 1.82) is 0 Å². The second-order valence-corrected chi connectivity index (χ2v) is 10.2. The number of aliphatic hydroxyl groups excluding tert-OH is 1. The van der Waals surface area contributed by atoms with Gasteiger partial charge < -0.3 is 47.7 Å². The fourth-order valence-corrected chi connectivity index (χ4v) is 4.46. The Bertz CT molecular complexity index is 1450. The molecule has 2 aromatic carbocycles. The molecule has 1 heterocycles. The molecule has 0 saturated carbocycles. The number of benzene rings is 2. The minimum Gasteiger partial charge on any atom is -0.508 e. The number of carbonyl (C=O) groups is 5. The van der Waals surface area contributed by atoms with Crippen LogP contribution in [0.1, 0.15) is 30.9 Å². The molecule has 0 aliphatic heterocycles. The molecule has 3 rings (SSSR count). The van der Waals surface area contributed by atoms with Gasteiger partial charge in [0.05, 0.1) is 12.1 Å². The van der Waals surface area contributed by atoms with E-state index < -0.39 is 59.9 Å². The lowest BCUT2D eigenvalue weighted by Gasteiger charge is -2.25. The summed E-state index contributed by atoms with van der Waals surface area (Å²) in [5, 5.41) is 36.7. The van der Waals surface area contributed by atoms with E-state index in [-0.39, 0.29) is 31.4 Å². The number of aliphatic hydroxyl groups is 1. The number of H-pyrrole nitrogens is 1. The maximum atomic E-state index is 13.6. The van der Waals surface area contributed by atoms with Gasteiger partial charge >= 0.3 is 5.97 Å². The molecule has 0 bridgehead atoms. The molecule has 5 unspecified atom stereocenters. The third-order valence-corrected chi connectivity index (χ3v) is 6.82. The zero-order valence-corrected chi connectivity index (χ0v) is 23.4. The third kappa shape index (κ3) is 9.28. The number of amides is 4. The van der Waals surface area contributed by atoms with Gasteiger partial charge in [0.25, 0.3) is 0 Å². The monoisotopic (exact) mass is 596 g/mol. The predicted molar refractivity (Wildman–Crippen MR) is 155 cm³/mol. The highest BCUT2D eigenvalue weighted by atomic mass is 16.4. The first-order valence-electron chi connectivity index (χ1n) is 13.5. The van der Waals surface area contributed by atoms with Gasteiger partial charge in [0.15, 0.2) is 6.04 Å². The van der Waals surface area contributed by atoms with E-state index in [9.17, 15) is 39.3 Å². The lowest BCUT2D eigenvalue weighted by molar-refractivity contribution is -0.145. The van der Waals surface area contributed by atoms with Crippen LogP contribution < -0.4 is 27.4 Å². The van der Waals surface area contributed by atoms with Crippen LogP contribution in [0.4, 0.5) is 0 Å². The quantitative estimate of drug-likeness (QED) is 0.106. The molecule has 0 fully saturated rings. The summed E-state index contributed by atoms with van der Waals surface area (Å²) in [5.41, 5.74) is 13.5. The van der Waals surface area contributed by atoms with Gasteiger partial charge in [-0.25, -0.2) is 4.79 Å². The second-order valence-electron chi connectivity index (χ2n) is 10.2. The van der Waals surface area contributed by atoms with E-state index in [1.807, 2.05) is 24.3 Å². The van der Waals surface area contributed by atoms with Crippen LogP contribution in [-0.2, 0) is 36.8 Å². The van der Waals surface area contributed by atoms with Crippen LogP contribution in [0.2, 0.25) is 0 Å². The summed E-state index contributed by atoms with van der Waals surface area (Å²) in [7, 11) is 0. The largest absolute Gasteiger partial charge is 0.508 e. The Kier molecular flexibility index (Phi) is 11.2. The molecule has 0 aliphatic rings. The fourth-order valence-electron chi connectivity index (χ4n) is 4.46. The number of aliphatic carboxylic acids is 1. The molecule has 11 N–H and O–H groups in total. The number of carboxylic acids is 1. The van der Waals surface area contributed by atoms with Crippen LogP contribution in [0.3, 0.4) is 0 Å². The maximum absolute atomic E-state index is 13.6. The van der Waals surface area contributed by atoms with Crippen LogP contribution in [0, 0.1) is 0 Å². The summed E-state index contributed by atoms with van der Waals surface area (Å²) in [6.07, 6.45) is -0.270. The smallest absolute Gasteiger partial charge is 0.328 e. The molecule has 0 aliphatic carbocycles. The number of primary amides is 1. The van der Waals surface area contributed by atoms with E-state index in [1.165, 1.54) is 19.1 Å². The highest BCUT2D eigenvalue weighted by molar-refractivity contribution is 5.95. The first kappa shape index (κ1) is 32.6. The van der Waals surface area contributed by atoms with Crippen LogP contribution in [-0.4, -0.2) is 80.2 Å². The number of aromatic hydroxyl groups is 1. The molecular formula is C29H36N6O8. The number of fused-ring (bicyclic) bond motifs is 1. The zero-order valence-electron chi connectivity index (χ0n) is 23.4. The van der Waals surface area contributed by atoms with E-state index >= 15 is 0 Å². The molecule has 230 valence electrons. The minimum atomic E-state index is -1.68. The number of phenolic OH excluding ortho intramolecular Hbond substituents is 1. The first-order chi connectivity index (χ1) is 20.3. The molecule has 4 amide bonds. The average molecular weight is 597 g/mol. The van der Waals surface area contributed by atoms with E-state index in [1.54, 1.807) is 18.3 Å². The van der Waals surface area contributed by atoms with Crippen molar-refractivity contribution >= 4 is 40.5 Å². The van der Waals surface area contributed by atoms with Crippen molar-refractivity contribution in [3.05, 3.63) is 65.9 Å². The highest BCUT2D eigenvalue weighted by Gasteiger charge is 2.32. The van der Waals surface area contributed by atoms with Crippen molar-refractivity contribution < 1.29 is 39.3 Å². The molecule has 0 spiro atoms. The van der Waals surface area contributed by atoms with Crippen molar-refractivity contribution in [2.45, 2.75) is 62.9 Å². The van der Waals surface area contributed by atoms with Crippen molar-refractivity contribution in [2.24, 2.45) is 11.5 Å². The number of aromatic nitrogens is 1. The van der Waals surface area contributed by atoms with E-state index in [4.69, 9.17) is 11.5 Å². The lowest BCUT2D eigenvalue weighted by Crippen LogP contribution is -2.58. The number of aromatic amines is 1. The van der Waals surface area contributed by atoms with Gasteiger partial charge in [0.1, 0.15) is 17.8 Å². The Morgan fingerprint density at radius 1 is 0.884 bits per heavy atom. The van der Waals surface area contributed by atoms with Gasteiger partial charge in [-0.3, -0.25) is 19.2 Å². The number of hydrogen-bond acceptors (Lipinski definition) is 8. The number of rotatable bonds is 15. The van der Waals surface area contributed by atoms with Crippen LogP contribution in [0.25, 0.3) is 10.9 Å². The van der Waals surface area contributed by atoms with Crippen LogP contribution in [0.15, 0.2) is 54.7 Å². The second kappa shape index (κ2) is 14.8. The van der Waals surface area contributed by atoms with E-state index in [0.29, 0.717) is 11.1 Å². The average Bonchev–Trinajstić information content (AvgIpc) is 3.36. The number of nitrogens with two attached hydrogens (primary N) is 2. The topological polar surface area (TPSA) is 250 Å². The maximum Gasteiger partial charge on any atom is 0.328 e. The van der Waals surface area contributed by atoms with E-state index in [0.717, 1.165) is 10.9 Å². The third-order valence-electron chi connectivity index (χ3n) is 6.82. The molecule has 1 aromatic heterocycles. The Morgan fingerprint density at radius 3 is 2.14 bits per heavy atom. The van der Waals surface area contributed by atoms with Crippen molar-refractivity contribution in [3.8, 4) is 5.75 Å². The van der Waals surface area contributed by atoms with Gasteiger partial charge in [0.2, 0.25) is 23.6 Å². The van der Waals surface area contributed by atoms with Crippen LogP contribution >= 0.6 is 0 Å². The summed E-state index contributed by atoms with van der Waals surface area (Å²) in [6, 6.07) is 8.03. The van der Waals surface area contributed by atoms with Gasteiger partial charge in [-0.15, -0.1) is 0 Å². The summed E-state index contributed by atoms with van der Waals surface area (Å²) in [5.74, 6) is -4.65. The molecule has 3 aromatic rings. The molecule has 43 heavy (non-hydrogen) atoms. The highest BCUT2D eigenvalue weighted by Crippen LogP contribution is 2.19. The molecule has 0 radical (unpaired) electrons. The molecular weight excluding hydrogens is 560 g/mol. The SMILES string of the molecule is CC(O)C(NC(=O)C(CCC(N)=O)NC(=O)C(Cc1c[nH]c2ccccc12)NC(=O)C(N)Cc1ccc(O)cc1)C(=O)O. The van der Waals surface area contributed by atoms with E-state index in [2.05, 4.69) is 20.9 Å². The van der Waals surface area contributed by atoms with Gasteiger partial charge in [0, 0.05) is 29.9 Å². The standard InChI is InChI=1S/C29H36N6O8/c1-15(36)25(29(42)43)35-27(40)22(10-11-24(31)38)33-28(41)23(13-17-14-32-21-5-3-2-4-19(17)21)34-26(39)20(30)12-16-6-8-18(37)9-7-16/h2-9,14-15,20,22-23,25,32,36-37H,10-13,30H2,1H3,(H2,31,38)(H,33,41)(H,34,39)(H,35,40)(H,42,43). The lowest BCUT2D eigenvalue weighted by atomic mass is 10.0. The first-order valence-corrected chi connectivity index (χ1v) is 13.5. The zero-order chi connectivity index (χ0) is 31.7. The summed E-state index contributed by atoms with van der Waals surface area (Å²) < 4.78 is 0. The molecule has 14 nitrogen and oxygen atoms in total. The van der Waals surface area contributed by atoms with Crippen molar-refractivity contribution in [3.63, 3.8) is 0 Å². The number of nitrogens with one attached hydrogen (secondary N) is 4. The van der Waals surface area contributed by atoms with Crippen molar-refractivity contribution in [2.75, 3.05) is 0 Å². The summed E-state index contributed by atoms with van der Waals surface area (Å²) in [6.45, 7) is 1.17. The molecule has 5 atom stereocenters. The van der Waals surface area contributed by atoms with Gasteiger partial charge in [-0.05, 0) is 49.1 Å². The summed E-state index contributed by atoms with van der Waals surface area (Å²) in [4.78, 5) is 65.8. The van der Waals surface area contributed by atoms with Gasteiger partial charge in [-0.2, -0.15) is 0 Å². The number of para-hydroxylation sites is 1. The molecule has 0 saturated heterocycles. The normalized spacial score (nSPS) is 14.6. The molecule has 14 heteroatoms. The fraction of sp³-hybridized carbons (Fsp3) is 0.345. The number of phenols is 1. The van der Waals surface area contributed by atoms with Crippen molar-refractivity contribution in [1.82, 2.24) is 20.9 Å². The Labute approximate surface area is 246 Å². The summed E-state index contributed by atoms with van der Waals surface area (Å²) >= 11 is 0. The number of carboxylic acid groups (broad SMARTS) is 1. The van der Waals surface area contributed by atoms with Gasteiger partial charge in [-0.1, -0.05) is 30.3 Å². The Balaban J connectivity index is 1.85. The Morgan fingerprint density at radius 2 is 1.51 bits per heavy atom.